The minimum atomic E-state index is -1.57. The van der Waals surface area contributed by atoms with Crippen LogP contribution < -0.4 is 14.8 Å². The smallest absolute Gasteiger partial charge is 0.246 e. The van der Waals surface area contributed by atoms with E-state index in [0.29, 0.717) is 60.3 Å². The number of aromatic hydroxyl groups is 1. The van der Waals surface area contributed by atoms with Crippen molar-refractivity contribution < 1.29 is 33.7 Å². The van der Waals surface area contributed by atoms with Crippen molar-refractivity contribution >= 4 is 23.5 Å². The van der Waals surface area contributed by atoms with Gasteiger partial charge in [0.25, 0.3) is 0 Å². The Morgan fingerprint density at radius 2 is 1.71 bits per heavy atom. The number of rotatable bonds is 12. The van der Waals surface area contributed by atoms with Crippen LogP contribution in [0.2, 0.25) is 0 Å². The Morgan fingerprint density at radius 3 is 2.43 bits per heavy atom. The average molecular weight is 767 g/mol. The average Bonchev–Trinajstić information content (AvgIpc) is 3.33. The van der Waals surface area contributed by atoms with Crippen LogP contribution in [0.5, 0.6) is 17.2 Å². The lowest BCUT2D eigenvalue weighted by molar-refractivity contribution is -0.173. The van der Waals surface area contributed by atoms with Gasteiger partial charge in [-0.2, -0.15) is 0 Å². The summed E-state index contributed by atoms with van der Waals surface area (Å²) in [6.45, 7) is 19.7. The fourth-order valence-electron chi connectivity index (χ4n) is 10.5. The second-order valence-corrected chi connectivity index (χ2v) is 18.3. The maximum atomic E-state index is 15.2. The number of ether oxygens (including phenoxy) is 3. The number of allylic oxidation sites excluding steroid dienone is 5. The molecule has 4 aliphatic heterocycles. The number of hydrogen-bond donors (Lipinski definition) is 2. The van der Waals surface area contributed by atoms with Gasteiger partial charge in [-0.05, 0) is 139 Å². The summed E-state index contributed by atoms with van der Waals surface area (Å²) in [5.74, 6) is -0.958. The summed E-state index contributed by atoms with van der Waals surface area (Å²) < 4.78 is 21.2. The summed E-state index contributed by atoms with van der Waals surface area (Å²) in [4.78, 5) is 45.9. The van der Waals surface area contributed by atoms with Gasteiger partial charge in [-0.25, -0.2) is 0 Å². The van der Waals surface area contributed by atoms with E-state index in [1.807, 2.05) is 52.8 Å². The fraction of sp³-hybridized carbons (Fsp3) is 0.596. The second kappa shape index (κ2) is 15.1. The first-order valence-corrected chi connectivity index (χ1v) is 21.0. The molecule has 1 aromatic carbocycles. The van der Waals surface area contributed by atoms with Gasteiger partial charge in [0.1, 0.15) is 28.4 Å². The van der Waals surface area contributed by atoms with E-state index in [9.17, 15) is 14.7 Å². The molecule has 4 heterocycles. The number of fused-ring (bicyclic) bond motifs is 2. The number of Topliss-reactive ketones (excluding diaryl/α,β-unsaturated/α-hetero) is 2. The zero-order valence-electron chi connectivity index (χ0n) is 34.9. The van der Waals surface area contributed by atoms with Crippen molar-refractivity contribution in [2.45, 2.75) is 142 Å². The predicted molar refractivity (Wildman–Crippen MR) is 219 cm³/mol. The third kappa shape index (κ3) is 6.70. The van der Waals surface area contributed by atoms with Gasteiger partial charge in [-0.15, -0.1) is 0 Å². The molecule has 3 fully saturated rings. The Bertz CT molecular complexity index is 1950. The Morgan fingerprint density at radius 1 is 0.982 bits per heavy atom. The van der Waals surface area contributed by atoms with Crippen molar-refractivity contribution in [3.8, 4) is 17.2 Å². The third-order valence-corrected chi connectivity index (χ3v) is 13.1. The van der Waals surface area contributed by atoms with Crippen LogP contribution in [0.1, 0.15) is 135 Å². The maximum absolute atomic E-state index is 15.2. The highest BCUT2D eigenvalue weighted by Gasteiger charge is 2.84. The fourth-order valence-corrected chi connectivity index (χ4v) is 10.5. The van der Waals surface area contributed by atoms with Gasteiger partial charge in [-0.1, -0.05) is 41.9 Å². The Labute approximate surface area is 333 Å². The molecule has 2 N–H and O–H groups in total. The first kappa shape index (κ1) is 40.3. The molecule has 0 aromatic heterocycles. The number of phenols is 1. The van der Waals surface area contributed by atoms with E-state index in [0.717, 1.165) is 38.0 Å². The monoisotopic (exact) mass is 766 g/mol. The SMILES string of the molecule is CC(C)=CCCC1(C)C=Cc2c(O)c3c(c(CC=C(C)C)c2O1)OC12C(=CCCC4C(=O)C1(C/C=C(/C)C(=O)NCCCN1CCCCC1)OC(C)(C)[C@@H]42)C3=O. The summed E-state index contributed by atoms with van der Waals surface area (Å²) in [5.41, 5.74) is -0.170. The van der Waals surface area contributed by atoms with Crippen LogP contribution in [-0.2, 0) is 20.7 Å². The maximum Gasteiger partial charge on any atom is 0.246 e. The Kier molecular flexibility index (Phi) is 10.8. The number of nitrogens with zero attached hydrogens (tertiary/aromatic N) is 1. The predicted octanol–water partition coefficient (Wildman–Crippen LogP) is 8.54. The quantitative estimate of drug-likeness (QED) is 0.124. The van der Waals surface area contributed by atoms with E-state index in [2.05, 4.69) is 36.2 Å². The first-order valence-electron chi connectivity index (χ1n) is 21.0. The summed E-state index contributed by atoms with van der Waals surface area (Å²) in [6, 6.07) is 0. The van der Waals surface area contributed by atoms with E-state index in [-0.39, 0.29) is 41.0 Å². The minimum absolute atomic E-state index is 0.0666. The van der Waals surface area contributed by atoms with Crippen LogP contribution in [0.3, 0.4) is 0 Å². The van der Waals surface area contributed by atoms with E-state index in [4.69, 9.17) is 14.2 Å². The van der Waals surface area contributed by atoms with Gasteiger partial charge in [0.15, 0.2) is 22.8 Å². The molecule has 302 valence electrons. The number of phenolic OH excluding ortho intramolecular Hbond substituents is 1. The molecule has 6 aliphatic rings. The third-order valence-electron chi connectivity index (χ3n) is 13.1. The van der Waals surface area contributed by atoms with Gasteiger partial charge in [0.2, 0.25) is 5.91 Å². The van der Waals surface area contributed by atoms with E-state index in [1.165, 1.54) is 24.8 Å². The highest BCUT2D eigenvalue weighted by molar-refractivity contribution is 6.18. The molecule has 2 aliphatic carbocycles. The number of hydrogen-bond acceptors (Lipinski definition) is 8. The Hall–Kier alpha value is -3.95. The topological polar surface area (TPSA) is 114 Å². The molecule has 5 atom stereocenters. The van der Waals surface area contributed by atoms with E-state index in [1.54, 1.807) is 13.0 Å². The molecular weight excluding hydrogens is 705 g/mol. The number of likely N-dealkylation sites (tertiary alicyclic amines) is 1. The molecule has 56 heavy (non-hydrogen) atoms. The molecule has 7 rings (SSSR count). The van der Waals surface area contributed by atoms with Crippen LogP contribution in [0.15, 0.2) is 52.7 Å². The molecule has 4 unspecified atom stereocenters. The van der Waals surface area contributed by atoms with Gasteiger partial charge in [0, 0.05) is 41.5 Å². The molecule has 1 aromatic rings. The number of nitrogens with one attached hydrogen (secondary N) is 1. The standard InChI is InChI=1S/C47H62N2O7/c1-29(2)15-13-22-45(8)23-21-32-37(50)36-38(51)35-17-12-16-34-41-44(6,7)56-46(42(34)52,47(35,41)55-40(36)33(39(32)54-45)19-18-30(3)4)24-20-31(5)43(53)48-25-14-28-49-26-10-9-11-27-49/h15,17-18,20-21,23,34,41,50H,9-14,16,19,22,24-28H2,1-8H3,(H,48,53)/b31-20-/t34?,41-,45?,46?,47?/m1/s1. The van der Waals surface area contributed by atoms with Crippen LogP contribution in [-0.4, -0.2) is 76.1 Å². The van der Waals surface area contributed by atoms with E-state index < -0.39 is 34.2 Å². The molecular formula is C47H62N2O7. The molecule has 0 radical (unpaired) electrons. The second-order valence-electron chi connectivity index (χ2n) is 18.3. The zero-order chi connectivity index (χ0) is 40.2. The molecule has 1 amide bonds. The van der Waals surface area contributed by atoms with Crippen LogP contribution >= 0.6 is 0 Å². The van der Waals surface area contributed by atoms with Crippen LogP contribution in [0.4, 0.5) is 0 Å². The van der Waals surface area contributed by atoms with Crippen molar-refractivity contribution in [2.75, 3.05) is 26.2 Å². The lowest BCUT2D eigenvalue weighted by atomic mass is 9.67. The largest absolute Gasteiger partial charge is 0.506 e. The number of piperidine rings is 1. The lowest BCUT2D eigenvalue weighted by Crippen LogP contribution is -2.61. The number of benzene rings is 1. The number of carbonyl (C=O) groups is 3. The van der Waals surface area contributed by atoms with Gasteiger partial charge in [-0.3, -0.25) is 14.4 Å². The lowest BCUT2D eigenvalue weighted by Gasteiger charge is -2.45. The summed E-state index contributed by atoms with van der Waals surface area (Å²) in [5, 5.41) is 15.1. The van der Waals surface area contributed by atoms with Crippen molar-refractivity contribution in [2.24, 2.45) is 11.8 Å². The minimum Gasteiger partial charge on any atom is -0.506 e. The zero-order valence-corrected chi connectivity index (χ0v) is 34.9. The van der Waals surface area contributed by atoms with Crippen molar-refractivity contribution in [1.82, 2.24) is 10.2 Å². The summed E-state index contributed by atoms with van der Waals surface area (Å²) in [7, 11) is 0. The molecule has 1 spiro atoms. The highest BCUT2D eigenvalue weighted by atomic mass is 16.6. The van der Waals surface area contributed by atoms with Crippen LogP contribution in [0, 0.1) is 11.8 Å². The summed E-state index contributed by atoms with van der Waals surface area (Å²) in [6.07, 6.45) is 19.5. The molecule has 1 saturated carbocycles. The highest BCUT2D eigenvalue weighted by Crippen LogP contribution is 2.70. The number of carbonyl (C=O) groups excluding carboxylic acids is 3. The number of amides is 1. The number of ketones is 2. The van der Waals surface area contributed by atoms with Crippen molar-refractivity contribution in [1.29, 1.82) is 0 Å². The molecule has 9 heteroatoms. The first-order chi connectivity index (χ1) is 26.5. The van der Waals surface area contributed by atoms with Gasteiger partial charge < -0.3 is 29.5 Å². The molecule has 9 nitrogen and oxygen atoms in total. The van der Waals surface area contributed by atoms with Crippen molar-refractivity contribution in [3.05, 3.63) is 69.4 Å². The summed E-state index contributed by atoms with van der Waals surface area (Å²) >= 11 is 0. The van der Waals surface area contributed by atoms with Gasteiger partial charge in [0.05, 0.1) is 11.2 Å². The Balaban J connectivity index is 1.29. The normalized spacial score (nSPS) is 29.9. The van der Waals surface area contributed by atoms with Crippen molar-refractivity contribution in [3.63, 3.8) is 0 Å². The molecule has 4 bridgehead atoms. The van der Waals surface area contributed by atoms with E-state index >= 15 is 4.79 Å². The molecule has 2 saturated heterocycles. The van der Waals surface area contributed by atoms with Crippen LogP contribution in [0.25, 0.3) is 6.08 Å². The van der Waals surface area contributed by atoms with Gasteiger partial charge >= 0.3 is 0 Å².